The first kappa shape index (κ1) is 17.4. The maximum absolute atomic E-state index is 12.8. The van der Waals surface area contributed by atoms with Crippen LogP contribution in [-0.4, -0.2) is 73.0 Å². The molecule has 3 atom stereocenters. The van der Waals surface area contributed by atoms with Gasteiger partial charge >= 0.3 is 0 Å². The smallest absolute Gasteiger partial charge is 0.239 e. The highest BCUT2D eigenvalue weighted by atomic mass is 16.2. The molecule has 3 fully saturated rings. The summed E-state index contributed by atoms with van der Waals surface area (Å²) in [6.45, 7) is 7.49. The Labute approximate surface area is 144 Å². The second-order valence-corrected chi connectivity index (χ2v) is 7.30. The molecule has 2 aliphatic heterocycles. The standard InChI is InChI=1S/C18H30N4O2/c1-2-7-19-17(23)13-21-8-10-22(11-9-21)18(24)16-12-14-5-3-4-6-15(14)20-16/h2,14-16,20H,1,3-13H2,(H,19,23). The molecule has 0 aromatic heterocycles. The van der Waals surface area contributed by atoms with Gasteiger partial charge in [-0.3, -0.25) is 14.5 Å². The van der Waals surface area contributed by atoms with E-state index in [0.717, 1.165) is 32.6 Å². The quantitative estimate of drug-likeness (QED) is 0.712. The number of fused-ring (bicyclic) bond motifs is 1. The third-order valence-corrected chi connectivity index (χ3v) is 5.66. The number of piperazine rings is 1. The molecule has 0 spiro atoms. The van der Waals surface area contributed by atoms with Crippen LogP contribution in [0, 0.1) is 5.92 Å². The highest BCUT2D eigenvalue weighted by molar-refractivity contribution is 5.82. The fourth-order valence-electron chi connectivity index (χ4n) is 4.30. The molecule has 1 saturated carbocycles. The van der Waals surface area contributed by atoms with E-state index < -0.39 is 0 Å². The van der Waals surface area contributed by atoms with E-state index >= 15 is 0 Å². The lowest BCUT2D eigenvalue weighted by Gasteiger charge is -2.35. The largest absolute Gasteiger partial charge is 0.352 e. The van der Waals surface area contributed by atoms with Crippen molar-refractivity contribution in [3.05, 3.63) is 12.7 Å². The average molecular weight is 334 g/mol. The van der Waals surface area contributed by atoms with Gasteiger partial charge in [0.1, 0.15) is 0 Å². The maximum Gasteiger partial charge on any atom is 0.239 e. The van der Waals surface area contributed by atoms with Gasteiger partial charge in [0, 0.05) is 38.8 Å². The number of carbonyl (C=O) groups is 2. The third kappa shape index (κ3) is 4.16. The van der Waals surface area contributed by atoms with Crippen molar-refractivity contribution in [2.45, 2.75) is 44.2 Å². The van der Waals surface area contributed by atoms with Crippen LogP contribution in [0.15, 0.2) is 12.7 Å². The predicted molar refractivity (Wildman–Crippen MR) is 93.5 cm³/mol. The molecule has 3 rings (SSSR count). The number of rotatable bonds is 5. The topological polar surface area (TPSA) is 64.7 Å². The number of amides is 2. The van der Waals surface area contributed by atoms with Crippen LogP contribution in [0.25, 0.3) is 0 Å². The van der Waals surface area contributed by atoms with Gasteiger partial charge in [0.05, 0.1) is 12.6 Å². The number of nitrogens with one attached hydrogen (secondary N) is 2. The monoisotopic (exact) mass is 334 g/mol. The van der Waals surface area contributed by atoms with Crippen molar-refractivity contribution in [3.8, 4) is 0 Å². The van der Waals surface area contributed by atoms with Crippen LogP contribution >= 0.6 is 0 Å². The van der Waals surface area contributed by atoms with Crippen LogP contribution in [0.4, 0.5) is 0 Å². The first-order valence-electron chi connectivity index (χ1n) is 9.32. The molecule has 2 heterocycles. The molecule has 24 heavy (non-hydrogen) atoms. The number of nitrogens with zero attached hydrogens (tertiary/aromatic N) is 2. The van der Waals surface area contributed by atoms with E-state index in [0.29, 0.717) is 25.0 Å². The average Bonchev–Trinajstić information content (AvgIpc) is 3.04. The molecule has 2 saturated heterocycles. The Kier molecular flexibility index (Phi) is 5.89. The van der Waals surface area contributed by atoms with Crippen LogP contribution in [0.5, 0.6) is 0 Å². The first-order valence-corrected chi connectivity index (χ1v) is 9.32. The van der Waals surface area contributed by atoms with E-state index in [1.54, 1.807) is 6.08 Å². The highest BCUT2D eigenvalue weighted by Gasteiger charge is 2.40. The minimum absolute atomic E-state index is 0.0144. The predicted octanol–water partition coefficient (Wildman–Crippen LogP) is 0.354. The molecule has 6 nitrogen and oxygen atoms in total. The van der Waals surface area contributed by atoms with Crippen LogP contribution in [0.2, 0.25) is 0 Å². The van der Waals surface area contributed by atoms with Crippen molar-refractivity contribution in [3.63, 3.8) is 0 Å². The SMILES string of the molecule is C=CCNC(=O)CN1CCN(C(=O)C2CC3CCCCC3N2)CC1. The van der Waals surface area contributed by atoms with Crippen molar-refractivity contribution in [1.29, 1.82) is 0 Å². The molecule has 0 aromatic carbocycles. The molecule has 3 aliphatic rings. The van der Waals surface area contributed by atoms with Crippen LogP contribution in [0.3, 0.4) is 0 Å². The van der Waals surface area contributed by atoms with Gasteiger partial charge < -0.3 is 15.5 Å². The van der Waals surface area contributed by atoms with Crippen LogP contribution < -0.4 is 10.6 Å². The van der Waals surface area contributed by atoms with E-state index in [1.165, 1.54) is 25.7 Å². The molecular formula is C18H30N4O2. The van der Waals surface area contributed by atoms with E-state index in [9.17, 15) is 9.59 Å². The number of carbonyl (C=O) groups excluding carboxylic acids is 2. The summed E-state index contributed by atoms with van der Waals surface area (Å²) in [5, 5.41) is 6.38. The minimum atomic E-state index is 0.0144. The summed E-state index contributed by atoms with van der Waals surface area (Å²) in [4.78, 5) is 28.6. The normalized spacial score (nSPS) is 30.7. The van der Waals surface area contributed by atoms with Crippen molar-refractivity contribution >= 4 is 11.8 Å². The highest BCUT2D eigenvalue weighted by Crippen LogP contribution is 2.33. The minimum Gasteiger partial charge on any atom is -0.352 e. The maximum atomic E-state index is 12.8. The van der Waals surface area contributed by atoms with Gasteiger partial charge in [-0.1, -0.05) is 18.9 Å². The summed E-state index contributed by atoms with van der Waals surface area (Å²) in [7, 11) is 0. The lowest BCUT2D eigenvalue weighted by atomic mass is 9.85. The molecular weight excluding hydrogens is 304 g/mol. The van der Waals surface area contributed by atoms with Gasteiger partial charge in [-0.25, -0.2) is 0 Å². The summed E-state index contributed by atoms with van der Waals surface area (Å²) in [5.74, 6) is 0.985. The second kappa shape index (κ2) is 8.12. The van der Waals surface area contributed by atoms with E-state index in [-0.39, 0.29) is 17.9 Å². The van der Waals surface area contributed by atoms with Crippen LogP contribution in [0.1, 0.15) is 32.1 Å². The molecule has 2 N–H and O–H groups in total. The Hall–Kier alpha value is -1.40. The molecule has 1 aliphatic carbocycles. The summed E-state index contributed by atoms with van der Waals surface area (Å²) in [6.07, 6.45) is 7.80. The lowest BCUT2D eigenvalue weighted by Crippen LogP contribution is -2.54. The molecule has 0 radical (unpaired) electrons. The van der Waals surface area contributed by atoms with Gasteiger partial charge in [-0.2, -0.15) is 0 Å². The first-order chi connectivity index (χ1) is 11.7. The molecule has 3 unspecified atom stereocenters. The zero-order valence-corrected chi connectivity index (χ0v) is 14.5. The lowest BCUT2D eigenvalue weighted by molar-refractivity contribution is -0.135. The van der Waals surface area contributed by atoms with Crippen molar-refractivity contribution in [2.75, 3.05) is 39.3 Å². The second-order valence-electron chi connectivity index (χ2n) is 7.30. The Bertz CT molecular complexity index is 460. The Balaban J connectivity index is 1.42. The van der Waals surface area contributed by atoms with Gasteiger partial charge in [-0.05, 0) is 25.2 Å². The Morgan fingerprint density at radius 3 is 2.62 bits per heavy atom. The molecule has 0 bridgehead atoms. The van der Waals surface area contributed by atoms with Crippen molar-refractivity contribution in [1.82, 2.24) is 20.4 Å². The third-order valence-electron chi connectivity index (χ3n) is 5.66. The summed E-state index contributed by atoms with van der Waals surface area (Å²) in [5.41, 5.74) is 0. The number of hydrogen-bond acceptors (Lipinski definition) is 4. The summed E-state index contributed by atoms with van der Waals surface area (Å²) >= 11 is 0. The fraction of sp³-hybridized carbons (Fsp3) is 0.778. The van der Waals surface area contributed by atoms with Gasteiger partial charge in [0.15, 0.2) is 0 Å². The summed E-state index contributed by atoms with van der Waals surface area (Å²) < 4.78 is 0. The fourth-order valence-corrected chi connectivity index (χ4v) is 4.30. The van der Waals surface area contributed by atoms with Crippen molar-refractivity contribution < 1.29 is 9.59 Å². The van der Waals surface area contributed by atoms with Gasteiger partial charge in [0.2, 0.25) is 11.8 Å². The zero-order chi connectivity index (χ0) is 16.9. The zero-order valence-electron chi connectivity index (χ0n) is 14.5. The molecule has 6 heteroatoms. The van der Waals surface area contributed by atoms with Crippen LogP contribution in [-0.2, 0) is 9.59 Å². The Morgan fingerprint density at radius 2 is 1.92 bits per heavy atom. The van der Waals surface area contributed by atoms with E-state index in [1.807, 2.05) is 4.90 Å². The van der Waals surface area contributed by atoms with Gasteiger partial charge in [0.25, 0.3) is 0 Å². The van der Waals surface area contributed by atoms with E-state index in [2.05, 4.69) is 22.1 Å². The number of hydrogen-bond donors (Lipinski definition) is 2. The molecule has 0 aromatic rings. The molecule has 2 amide bonds. The van der Waals surface area contributed by atoms with Crippen molar-refractivity contribution in [2.24, 2.45) is 5.92 Å². The van der Waals surface area contributed by atoms with E-state index in [4.69, 9.17) is 0 Å². The molecule has 134 valence electrons. The summed E-state index contributed by atoms with van der Waals surface area (Å²) in [6, 6.07) is 0.572. The van der Waals surface area contributed by atoms with Gasteiger partial charge in [-0.15, -0.1) is 6.58 Å². The Morgan fingerprint density at radius 1 is 1.17 bits per heavy atom.